The van der Waals surface area contributed by atoms with Gasteiger partial charge in [0.1, 0.15) is 0 Å². The molecule has 0 aliphatic rings. The molecule has 2 N–H and O–H groups in total. The molecular formula is C17H22N2O3S2. The molecule has 0 aliphatic carbocycles. The number of carbonyl (C=O) groups excluding carboxylic acids is 1. The number of hydrogen-bond donors (Lipinski definition) is 2. The number of rotatable bonds is 8. The van der Waals surface area contributed by atoms with Crippen LogP contribution in [-0.2, 0) is 21.2 Å². The second kappa shape index (κ2) is 8.41. The zero-order valence-electron chi connectivity index (χ0n) is 13.8. The second-order valence-corrected chi connectivity index (χ2v) is 8.36. The number of carbonyl (C=O) groups is 1. The SMILES string of the molecule is Cc1ccc(S(=O)(=O)NCCC(=O)NCCc2cccs2)c(C)c1. The Bertz CT molecular complexity index is 784. The summed E-state index contributed by atoms with van der Waals surface area (Å²) in [4.78, 5) is 13.2. The summed E-state index contributed by atoms with van der Waals surface area (Å²) in [5.74, 6) is -0.158. The van der Waals surface area contributed by atoms with Gasteiger partial charge < -0.3 is 5.32 Å². The first kappa shape index (κ1) is 18.6. The van der Waals surface area contributed by atoms with Crippen LogP contribution in [0.15, 0.2) is 40.6 Å². The first-order chi connectivity index (χ1) is 11.4. The Hall–Kier alpha value is -1.70. The van der Waals surface area contributed by atoms with Crippen LogP contribution in [0.4, 0.5) is 0 Å². The minimum absolute atomic E-state index is 0.0838. The third-order valence-corrected chi connectivity index (χ3v) is 6.10. The maximum Gasteiger partial charge on any atom is 0.240 e. The summed E-state index contributed by atoms with van der Waals surface area (Å²) in [7, 11) is -3.59. The highest BCUT2D eigenvalue weighted by Gasteiger charge is 2.16. The molecule has 1 aromatic carbocycles. The summed E-state index contributed by atoms with van der Waals surface area (Å²) in [5, 5.41) is 4.80. The van der Waals surface area contributed by atoms with Crippen LogP contribution in [0.25, 0.3) is 0 Å². The van der Waals surface area contributed by atoms with Crippen molar-refractivity contribution in [2.24, 2.45) is 0 Å². The third kappa shape index (κ3) is 5.43. The van der Waals surface area contributed by atoms with Gasteiger partial charge in [0.25, 0.3) is 0 Å². The Morgan fingerprint density at radius 3 is 2.62 bits per heavy atom. The summed E-state index contributed by atoms with van der Waals surface area (Å²) in [5.41, 5.74) is 1.71. The monoisotopic (exact) mass is 366 g/mol. The van der Waals surface area contributed by atoms with Gasteiger partial charge in [-0.1, -0.05) is 23.8 Å². The van der Waals surface area contributed by atoms with Gasteiger partial charge in [-0.05, 0) is 43.3 Å². The molecule has 0 fully saturated rings. The summed E-state index contributed by atoms with van der Waals surface area (Å²) >= 11 is 1.65. The van der Waals surface area contributed by atoms with Crippen molar-refractivity contribution < 1.29 is 13.2 Å². The van der Waals surface area contributed by atoms with E-state index in [4.69, 9.17) is 0 Å². The zero-order chi connectivity index (χ0) is 17.6. The van der Waals surface area contributed by atoms with Crippen molar-refractivity contribution in [1.29, 1.82) is 0 Å². The quantitative estimate of drug-likeness (QED) is 0.753. The number of sulfonamides is 1. The van der Waals surface area contributed by atoms with Crippen molar-refractivity contribution in [2.75, 3.05) is 13.1 Å². The Kier molecular flexibility index (Phi) is 6.53. The lowest BCUT2D eigenvalue weighted by molar-refractivity contribution is -0.120. The molecule has 0 radical (unpaired) electrons. The molecule has 1 amide bonds. The van der Waals surface area contributed by atoms with Crippen molar-refractivity contribution in [3.05, 3.63) is 51.7 Å². The van der Waals surface area contributed by atoms with Crippen molar-refractivity contribution in [3.8, 4) is 0 Å². The van der Waals surface area contributed by atoms with Crippen molar-refractivity contribution in [1.82, 2.24) is 10.0 Å². The predicted octanol–water partition coefficient (Wildman–Crippen LogP) is 2.39. The first-order valence-corrected chi connectivity index (χ1v) is 10.1. The van der Waals surface area contributed by atoms with E-state index in [1.807, 2.05) is 30.5 Å². The molecule has 130 valence electrons. The number of aryl methyl sites for hydroxylation is 2. The number of hydrogen-bond acceptors (Lipinski definition) is 4. The molecule has 0 spiro atoms. The molecule has 0 aliphatic heterocycles. The van der Waals surface area contributed by atoms with Gasteiger partial charge in [0, 0.05) is 24.4 Å². The van der Waals surface area contributed by atoms with Gasteiger partial charge in [-0.25, -0.2) is 13.1 Å². The fraction of sp³-hybridized carbons (Fsp3) is 0.353. The van der Waals surface area contributed by atoms with Crippen LogP contribution in [0.2, 0.25) is 0 Å². The fourth-order valence-electron chi connectivity index (χ4n) is 2.35. The van der Waals surface area contributed by atoms with Crippen LogP contribution in [0.1, 0.15) is 22.4 Å². The van der Waals surface area contributed by atoms with Crippen LogP contribution >= 0.6 is 11.3 Å². The minimum Gasteiger partial charge on any atom is -0.356 e. The molecular weight excluding hydrogens is 344 g/mol. The second-order valence-electron chi connectivity index (χ2n) is 5.60. The van der Waals surface area contributed by atoms with E-state index in [0.29, 0.717) is 12.1 Å². The minimum atomic E-state index is -3.59. The van der Waals surface area contributed by atoms with Gasteiger partial charge in [-0.15, -0.1) is 11.3 Å². The Balaban J connectivity index is 1.76. The summed E-state index contributed by atoms with van der Waals surface area (Å²) < 4.78 is 27.0. The van der Waals surface area contributed by atoms with E-state index in [2.05, 4.69) is 10.0 Å². The van der Waals surface area contributed by atoms with Gasteiger partial charge >= 0.3 is 0 Å². The highest BCUT2D eigenvalue weighted by atomic mass is 32.2. The lowest BCUT2D eigenvalue weighted by Crippen LogP contribution is -2.31. The molecule has 0 saturated carbocycles. The standard InChI is InChI=1S/C17H22N2O3S2/c1-13-5-6-16(14(2)12-13)24(21,22)19-10-8-17(20)18-9-7-15-4-3-11-23-15/h3-6,11-12,19H,7-10H2,1-2H3,(H,18,20). The predicted molar refractivity (Wildman–Crippen MR) is 96.8 cm³/mol. The maximum absolute atomic E-state index is 12.3. The molecule has 1 heterocycles. The van der Waals surface area contributed by atoms with Gasteiger partial charge in [-0.3, -0.25) is 4.79 Å². The average molecular weight is 367 g/mol. The number of benzene rings is 1. The summed E-state index contributed by atoms with van der Waals surface area (Å²) in [6, 6.07) is 9.18. The van der Waals surface area contributed by atoms with E-state index in [0.717, 1.165) is 12.0 Å². The van der Waals surface area contributed by atoms with E-state index in [-0.39, 0.29) is 23.8 Å². The molecule has 2 rings (SSSR count). The third-order valence-electron chi connectivity index (χ3n) is 3.54. The van der Waals surface area contributed by atoms with E-state index >= 15 is 0 Å². The average Bonchev–Trinajstić information content (AvgIpc) is 3.00. The molecule has 5 nitrogen and oxygen atoms in total. The smallest absolute Gasteiger partial charge is 0.240 e. The highest BCUT2D eigenvalue weighted by molar-refractivity contribution is 7.89. The van der Waals surface area contributed by atoms with Crippen LogP contribution in [0.3, 0.4) is 0 Å². The molecule has 0 saturated heterocycles. The molecule has 0 atom stereocenters. The first-order valence-electron chi connectivity index (χ1n) is 7.74. The largest absolute Gasteiger partial charge is 0.356 e. The molecule has 7 heteroatoms. The summed E-state index contributed by atoms with van der Waals surface area (Å²) in [6.07, 6.45) is 0.909. The van der Waals surface area contributed by atoms with Crippen molar-refractivity contribution >= 4 is 27.3 Å². The number of nitrogens with one attached hydrogen (secondary N) is 2. The Labute approximate surface area is 147 Å². The van der Waals surface area contributed by atoms with Crippen LogP contribution in [-0.4, -0.2) is 27.4 Å². The van der Waals surface area contributed by atoms with E-state index in [1.54, 1.807) is 30.4 Å². The van der Waals surface area contributed by atoms with E-state index < -0.39 is 10.0 Å². The van der Waals surface area contributed by atoms with Crippen molar-refractivity contribution in [3.63, 3.8) is 0 Å². The maximum atomic E-state index is 12.3. The summed E-state index contributed by atoms with van der Waals surface area (Å²) in [6.45, 7) is 4.32. The lowest BCUT2D eigenvalue weighted by Gasteiger charge is -2.10. The molecule has 1 aromatic heterocycles. The Morgan fingerprint density at radius 1 is 1.17 bits per heavy atom. The molecule has 0 unspecified atom stereocenters. The molecule has 2 aromatic rings. The number of thiophene rings is 1. The van der Waals surface area contributed by atoms with Crippen LogP contribution < -0.4 is 10.0 Å². The van der Waals surface area contributed by atoms with E-state index in [9.17, 15) is 13.2 Å². The van der Waals surface area contributed by atoms with Gasteiger partial charge in [0.05, 0.1) is 4.90 Å². The normalized spacial score (nSPS) is 11.4. The van der Waals surface area contributed by atoms with Crippen LogP contribution in [0, 0.1) is 13.8 Å². The molecule has 0 bridgehead atoms. The van der Waals surface area contributed by atoms with Crippen LogP contribution in [0.5, 0.6) is 0 Å². The van der Waals surface area contributed by atoms with Gasteiger partial charge in [0.2, 0.25) is 15.9 Å². The lowest BCUT2D eigenvalue weighted by atomic mass is 10.2. The number of amides is 1. The molecule has 24 heavy (non-hydrogen) atoms. The zero-order valence-corrected chi connectivity index (χ0v) is 15.5. The topological polar surface area (TPSA) is 75.3 Å². The fourth-order valence-corrected chi connectivity index (χ4v) is 4.31. The highest BCUT2D eigenvalue weighted by Crippen LogP contribution is 2.16. The van der Waals surface area contributed by atoms with Gasteiger partial charge in [-0.2, -0.15) is 0 Å². The van der Waals surface area contributed by atoms with Gasteiger partial charge in [0.15, 0.2) is 0 Å². The van der Waals surface area contributed by atoms with Crippen molar-refractivity contribution in [2.45, 2.75) is 31.6 Å². The Morgan fingerprint density at radius 2 is 1.96 bits per heavy atom. The van der Waals surface area contributed by atoms with E-state index in [1.165, 1.54) is 4.88 Å².